The molecule has 0 saturated carbocycles. The van der Waals surface area contributed by atoms with E-state index in [4.69, 9.17) is 0 Å². The van der Waals surface area contributed by atoms with Gasteiger partial charge in [0, 0.05) is 4.47 Å². The minimum Gasteiger partial charge on any atom is -0.440 e. The highest BCUT2D eigenvalue weighted by molar-refractivity contribution is 9.10. The summed E-state index contributed by atoms with van der Waals surface area (Å²) in [5, 5.41) is 2.31. The molecular formula is C11H11BrF3NO2. The molecule has 0 aliphatic carbocycles. The van der Waals surface area contributed by atoms with Gasteiger partial charge in [0.25, 0.3) is 0 Å². The second-order valence-electron chi connectivity index (χ2n) is 3.61. The van der Waals surface area contributed by atoms with Gasteiger partial charge in [-0.15, -0.1) is 0 Å². The molecular weight excluding hydrogens is 315 g/mol. The molecule has 0 radical (unpaired) electrons. The fraction of sp³-hybridized carbons (Fsp3) is 0.364. The zero-order valence-electron chi connectivity index (χ0n) is 9.42. The van der Waals surface area contributed by atoms with E-state index in [1.165, 1.54) is 0 Å². The molecule has 3 nitrogen and oxygen atoms in total. The summed E-state index contributed by atoms with van der Waals surface area (Å²) in [4.78, 5) is 11.1. The quantitative estimate of drug-likeness (QED) is 0.918. The molecule has 0 bridgehead atoms. The number of alkyl carbamates (subject to hydrolysis) is 1. The summed E-state index contributed by atoms with van der Waals surface area (Å²) in [6.45, 7) is 0.0595. The van der Waals surface area contributed by atoms with Crippen LogP contribution in [0.3, 0.4) is 0 Å². The molecule has 1 amide bonds. The minimum atomic E-state index is -4.52. The summed E-state index contributed by atoms with van der Waals surface area (Å²) < 4.78 is 40.3. The molecule has 0 spiro atoms. The van der Waals surface area contributed by atoms with Crippen molar-refractivity contribution in [3.8, 4) is 0 Å². The number of rotatable bonds is 3. The Labute approximate surface area is 110 Å². The highest BCUT2D eigenvalue weighted by Crippen LogP contribution is 2.17. The monoisotopic (exact) mass is 325 g/mol. The Morgan fingerprint density at radius 2 is 1.94 bits per heavy atom. The van der Waals surface area contributed by atoms with E-state index >= 15 is 0 Å². The first-order chi connectivity index (χ1) is 8.28. The van der Waals surface area contributed by atoms with Crippen LogP contribution in [0, 0.1) is 0 Å². The topological polar surface area (TPSA) is 38.3 Å². The van der Waals surface area contributed by atoms with Crippen molar-refractivity contribution in [2.75, 3.05) is 6.61 Å². The number of hydrogen-bond acceptors (Lipinski definition) is 2. The number of carbonyl (C=O) groups is 1. The Hall–Kier alpha value is -1.24. The summed E-state index contributed by atoms with van der Waals surface area (Å²) in [5.74, 6) is 0. The van der Waals surface area contributed by atoms with Gasteiger partial charge in [0.15, 0.2) is 6.61 Å². The van der Waals surface area contributed by atoms with Gasteiger partial charge in [-0.05, 0) is 24.6 Å². The first kappa shape index (κ1) is 14.8. The molecule has 100 valence electrons. The Morgan fingerprint density at radius 1 is 1.39 bits per heavy atom. The zero-order chi connectivity index (χ0) is 13.8. The third-order valence-corrected chi connectivity index (χ3v) is 2.60. The second-order valence-corrected chi connectivity index (χ2v) is 4.52. The molecule has 1 rings (SSSR count). The van der Waals surface area contributed by atoms with E-state index in [1.807, 2.05) is 0 Å². The van der Waals surface area contributed by atoms with Gasteiger partial charge in [-0.2, -0.15) is 13.2 Å². The second kappa shape index (κ2) is 6.08. The number of carbonyl (C=O) groups excluding carboxylic acids is 1. The van der Waals surface area contributed by atoms with Gasteiger partial charge in [0.1, 0.15) is 0 Å². The summed E-state index contributed by atoms with van der Waals surface area (Å²) in [6.07, 6.45) is -5.61. The summed E-state index contributed by atoms with van der Waals surface area (Å²) in [7, 11) is 0. The van der Waals surface area contributed by atoms with Gasteiger partial charge in [0.2, 0.25) is 0 Å². The van der Waals surface area contributed by atoms with Gasteiger partial charge in [-0.1, -0.05) is 28.1 Å². The Balaban J connectivity index is 2.47. The molecule has 0 unspecified atom stereocenters. The molecule has 1 aromatic rings. The lowest BCUT2D eigenvalue weighted by atomic mass is 10.1. The highest BCUT2D eigenvalue weighted by Gasteiger charge is 2.29. The predicted molar refractivity (Wildman–Crippen MR) is 63.1 cm³/mol. The van der Waals surface area contributed by atoms with E-state index in [2.05, 4.69) is 26.0 Å². The van der Waals surface area contributed by atoms with E-state index in [1.54, 1.807) is 31.2 Å². The maximum Gasteiger partial charge on any atom is 0.422 e. The lowest BCUT2D eigenvalue weighted by Crippen LogP contribution is -2.30. The minimum absolute atomic E-state index is 0.432. The van der Waals surface area contributed by atoms with Crippen LogP contribution in [-0.2, 0) is 4.74 Å². The standard InChI is InChI=1S/C11H11BrF3NO2/c1-7(8-2-4-9(12)5-3-8)16-10(17)18-6-11(13,14)15/h2-5,7H,6H2,1H3,(H,16,17)/t7-/m1/s1. The lowest BCUT2D eigenvalue weighted by molar-refractivity contribution is -0.160. The molecule has 0 aromatic heterocycles. The SMILES string of the molecule is C[C@@H](NC(=O)OCC(F)(F)F)c1ccc(Br)cc1. The zero-order valence-corrected chi connectivity index (χ0v) is 11.0. The van der Waals surface area contributed by atoms with E-state index < -0.39 is 24.9 Å². The largest absolute Gasteiger partial charge is 0.440 e. The van der Waals surface area contributed by atoms with Crippen LogP contribution < -0.4 is 5.32 Å². The van der Waals surface area contributed by atoms with Crippen LogP contribution >= 0.6 is 15.9 Å². The molecule has 0 aliphatic heterocycles. The van der Waals surface area contributed by atoms with Gasteiger partial charge in [0.05, 0.1) is 6.04 Å². The van der Waals surface area contributed by atoms with Gasteiger partial charge >= 0.3 is 12.3 Å². The summed E-state index contributed by atoms with van der Waals surface area (Å²) in [6, 6.07) is 6.61. The number of hydrogen-bond donors (Lipinski definition) is 1. The molecule has 1 atom stereocenters. The summed E-state index contributed by atoms with van der Waals surface area (Å²) >= 11 is 3.26. The van der Waals surface area contributed by atoms with Crippen molar-refractivity contribution in [3.63, 3.8) is 0 Å². The molecule has 0 saturated heterocycles. The van der Waals surface area contributed by atoms with Crippen LogP contribution in [0.4, 0.5) is 18.0 Å². The fourth-order valence-corrected chi connectivity index (χ4v) is 1.46. The predicted octanol–water partition coefficient (Wildman–Crippen LogP) is 3.80. The van der Waals surface area contributed by atoms with Crippen molar-refractivity contribution < 1.29 is 22.7 Å². The third kappa shape index (κ3) is 5.39. The number of benzene rings is 1. The average Bonchev–Trinajstić information content (AvgIpc) is 2.26. The van der Waals surface area contributed by atoms with E-state index in [-0.39, 0.29) is 0 Å². The Bertz CT molecular complexity index is 406. The number of nitrogens with one attached hydrogen (secondary N) is 1. The Kier molecular flexibility index (Phi) is 5.01. The Morgan fingerprint density at radius 3 is 2.44 bits per heavy atom. The molecule has 1 aromatic carbocycles. The third-order valence-electron chi connectivity index (χ3n) is 2.07. The normalized spacial score (nSPS) is 12.9. The number of halogens is 4. The van der Waals surface area contributed by atoms with E-state index in [9.17, 15) is 18.0 Å². The van der Waals surface area contributed by atoms with Crippen LogP contribution in [-0.4, -0.2) is 18.9 Å². The van der Waals surface area contributed by atoms with E-state index in [0.717, 1.165) is 10.0 Å². The van der Waals surface area contributed by atoms with Gasteiger partial charge in [-0.25, -0.2) is 4.79 Å². The molecule has 7 heteroatoms. The first-order valence-electron chi connectivity index (χ1n) is 5.03. The molecule has 1 N–H and O–H groups in total. The average molecular weight is 326 g/mol. The fourth-order valence-electron chi connectivity index (χ4n) is 1.20. The van der Waals surface area contributed by atoms with Crippen LogP contribution in [0.15, 0.2) is 28.7 Å². The lowest BCUT2D eigenvalue weighted by Gasteiger charge is -2.15. The number of ether oxygens (including phenoxy) is 1. The van der Waals surface area contributed by atoms with Crippen LogP contribution in [0.5, 0.6) is 0 Å². The van der Waals surface area contributed by atoms with E-state index in [0.29, 0.717) is 0 Å². The molecule has 0 aliphatic rings. The maximum atomic E-state index is 11.8. The van der Waals surface area contributed by atoms with Crippen molar-refractivity contribution >= 4 is 22.0 Å². The van der Waals surface area contributed by atoms with Crippen LogP contribution in [0.2, 0.25) is 0 Å². The summed E-state index contributed by atoms with van der Waals surface area (Å²) in [5.41, 5.74) is 0.766. The van der Waals surface area contributed by atoms with Crippen molar-refractivity contribution in [3.05, 3.63) is 34.3 Å². The van der Waals surface area contributed by atoms with Crippen molar-refractivity contribution in [1.29, 1.82) is 0 Å². The van der Waals surface area contributed by atoms with Gasteiger partial charge < -0.3 is 10.1 Å². The van der Waals surface area contributed by atoms with Crippen LogP contribution in [0.1, 0.15) is 18.5 Å². The highest BCUT2D eigenvalue weighted by atomic mass is 79.9. The van der Waals surface area contributed by atoms with Crippen molar-refractivity contribution in [2.45, 2.75) is 19.1 Å². The molecule has 0 fully saturated rings. The number of alkyl halides is 3. The van der Waals surface area contributed by atoms with Crippen molar-refractivity contribution in [1.82, 2.24) is 5.32 Å². The maximum absolute atomic E-state index is 11.8. The first-order valence-corrected chi connectivity index (χ1v) is 5.83. The van der Waals surface area contributed by atoms with Crippen LogP contribution in [0.25, 0.3) is 0 Å². The smallest absolute Gasteiger partial charge is 0.422 e. The molecule has 18 heavy (non-hydrogen) atoms. The molecule has 0 heterocycles. The van der Waals surface area contributed by atoms with Crippen molar-refractivity contribution in [2.24, 2.45) is 0 Å². The van der Waals surface area contributed by atoms with Gasteiger partial charge in [-0.3, -0.25) is 0 Å². The number of amides is 1.